The van der Waals surface area contributed by atoms with Crippen LogP contribution >= 0.6 is 0 Å². The van der Waals surface area contributed by atoms with Crippen LogP contribution in [0.4, 0.5) is 11.4 Å². The Labute approximate surface area is 270 Å². The summed E-state index contributed by atoms with van der Waals surface area (Å²) in [5, 5.41) is 3.12. The Kier molecular flexibility index (Phi) is 7.59. The van der Waals surface area contributed by atoms with Crippen LogP contribution in [0.15, 0.2) is 103 Å². The fraction of sp³-hybridized carbons (Fsp3) is 0.275. The first-order valence-corrected chi connectivity index (χ1v) is 16.2. The van der Waals surface area contributed by atoms with Crippen LogP contribution in [0, 0.1) is 5.92 Å². The van der Waals surface area contributed by atoms with E-state index >= 15 is 4.79 Å². The Bertz CT molecular complexity index is 1860. The van der Waals surface area contributed by atoms with Crippen molar-refractivity contribution in [3.05, 3.63) is 131 Å². The number of benzene rings is 4. The summed E-state index contributed by atoms with van der Waals surface area (Å²) >= 11 is 0. The van der Waals surface area contributed by atoms with Gasteiger partial charge in [-0.1, -0.05) is 86.5 Å². The van der Waals surface area contributed by atoms with E-state index in [1.165, 1.54) is 5.56 Å². The molecule has 7 rings (SSSR count). The molecule has 3 heterocycles. The molecular weight excluding hydrogens is 572 g/mol. The molecule has 6 nitrogen and oxygen atoms in total. The van der Waals surface area contributed by atoms with Gasteiger partial charge in [-0.25, -0.2) is 0 Å². The molecule has 1 amide bonds. The lowest BCUT2D eigenvalue weighted by atomic mass is 9.64. The van der Waals surface area contributed by atoms with Crippen molar-refractivity contribution in [2.75, 3.05) is 17.3 Å². The minimum absolute atomic E-state index is 0.209. The maximum atomic E-state index is 15.1. The molecule has 1 fully saturated rings. The topological polar surface area (TPSA) is 75.7 Å². The number of carbonyl (C=O) groups excluding carboxylic acids is 3. The number of ether oxygens (including phenoxy) is 1. The highest BCUT2D eigenvalue weighted by atomic mass is 16.5. The molecule has 3 aliphatic rings. The van der Waals surface area contributed by atoms with Crippen molar-refractivity contribution < 1.29 is 19.1 Å². The average molecular weight is 611 g/mol. The highest BCUT2D eigenvalue weighted by Gasteiger charge is 2.70. The molecule has 0 bridgehead atoms. The minimum atomic E-state index is -1.34. The van der Waals surface area contributed by atoms with Gasteiger partial charge in [0.15, 0.2) is 11.6 Å². The van der Waals surface area contributed by atoms with Crippen LogP contribution in [0.25, 0.3) is 5.57 Å². The van der Waals surface area contributed by atoms with Crippen LogP contribution in [-0.2, 0) is 16.6 Å². The van der Waals surface area contributed by atoms with E-state index in [0.29, 0.717) is 22.6 Å². The summed E-state index contributed by atoms with van der Waals surface area (Å²) in [6.07, 6.45) is 6.42. The van der Waals surface area contributed by atoms with Gasteiger partial charge in [-0.3, -0.25) is 14.4 Å². The molecule has 4 atom stereocenters. The molecule has 1 N–H and O–H groups in total. The number of fused-ring (bicyclic) bond motifs is 6. The summed E-state index contributed by atoms with van der Waals surface area (Å²) in [6, 6.07) is 28.8. The maximum Gasteiger partial charge on any atom is 0.238 e. The van der Waals surface area contributed by atoms with Crippen LogP contribution in [-0.4, -0.2) is 36.7 Å². The molecule has 3 aliphatic heterocycles. The van der Waals surface area contributed by atoms with E-state index in [-0.39, 0.29) is 17.5 Å². The van der Waals surface area contributed by atoms with Gasteiger partial charge in [0.05, 0.1) is 19.1 Å². The lowest BCUT2D eigenvalue weighted by Gasteiger charge is -2.39. The molecule has 46 heavy (non-hydrogen) atoms. The minimum Gasteiger partial charge on any atom is -0.497 e. The molecule has 0 radical (unpaired) electrons. The summed E-state index contributed by atoms with van der Waals surface area (Å²) in [6.45, 7) is 4.22. The standard InChI is InChI=1S/C40H38N2O4/c1-4-5-6-11-26-16-18-27(19-17-26)37(43)35-36(38(44)28-20-22-29(46-3)23-21-28)42-33-15-10-7-12-30(33)25(2)24-34(42)40(35)31-13-8-9-14-32(31)41-39(40)45/h7-10,12-24,34-36H,4-6,11H2,1-3H3,(H,41,45)/t34-,35+,36-,40-/m1/s1. The monoisotopic (exact) mass is 610 g/mol. The smallest absolute Gasteiger partial charge is 0.238 e. The van der Waals surface area contributed by atoms with E-state index < -0.39 is 23.4 Å². The molecule has 4 aromatic carbocycles. The number of para-hydroxylation sites is 2. The number of amides is 1. The summed E-state index contributed by atoms with van der Waals surface area (Å²) < 4.78 is 5.37. The van der Waals surface area contributed by atoms with Gasteiger partial charge < -0.3 is 15.0 Å². The zero-order chi connectivity index (χ0) is 32.0. The summed E-state index contributed by atoms with van der Waals surface area (Å²) in [4.78, 5) is 46.7. The van der Waals surface area contributed by atoms with Crippen molar-refractivity contribution in [2.24, 2.45) is 5.92 Å². The van der Waals surface area contributed by atoms with Gasteiger partial charge in [0, 0.05) is 28.1 Å². The van der Waals surface area contributed by atoms with Crippen molar-refractivity contribution in [1.82, 2.24) is 0 Å². The van der Waals surface area contributed by atoms with Gasteiger partial charge in [-0.05, 0) is 72.9 Å². The van der Waals surface area contributed by atoms with E-state index in [1.54, 1.807) is 31.4 Å². The van der Waals surface area contributed by atoms with Gasteiger partial charge in [0.25, 0.3) is 0 Å². The number of carbonyl (C=O) groups is 3. The fourth-order valence-electron chi connectivity index (χ4n) is 7.91. The Morgan fingerprint density at radius 3 is 2.26 bits per heavy atom. The van der Waals surface area contributed by atoms with Crippen LogP contribution in [0.2, 0.25) is 0 Å². The van der Waals surface area contributed by atoms with Gasteiger partial charge in [-0.15, -0.1) is 0 Å². The van der Waals surface area contributed by atoms with E-state index in [0.717, 1.165) is 48.1 Å². The Morgan fingerprint density at radius 2 is 1.52 bits per heavy atom. The van der Waals surface area contributed by atoms with Gasteiger partial charge in [-0.2, -0.15) is 0 Å². The number of nitrogens with one attached hydrogen (secondary N) is 1. The molecule has 6 heteroatoms. The Hall–Kier alpha value is -4.97. The Balaban J connectivity index is 1.45. The van der Waals surface area contributed by atoms with Gasteiger partial charge in [0.2, 0.25) is 5.91 Å². The van der Waals surface area contributed by atoms with Crippen LogP contribution in [0.1, 0.15) is 70.5 Å². The number of aryl methyl sites for hydroxylation is 1. The number of methoxy groups -OCH3 is 1. The largest absolute Gasteiger partial charge is 0.497 e. The summed E-state index contributed by atoms with van der Waals surface area (Å²) in [7, 11) is 1.58. The van der Waals surface area contributed by atoms with Crippen molar-refractivity contribution in [3.63, 3.8) is 0 Å². The number of Topliss-reactive ketones (excluding diaryl/α,β-unsaturated/α-hetero) is 2. The lowest BCUT2D eigenvalue weighted by molar-refractivity contribution is -0.121. The molecule has 4 aromatic rings. The predicted molar refractivity (Wildman–Crippen MR) is 182 cm³/mol. The molecule has 0 aliphatic carbocycles. The second-order valence-electron chi connectivity index (χ2n) is 12.6. The zero-order valence-corrected chi connectivity index (χ0v) is 26.5. The van der Waals surface area contributed by atoms with E-state index in [2.05, 4.69) is 23.2 Å². The van der Waals surface area contributed by atoms with Crippen molar-refractivity contribution >= 4 is 34.4 Å². The average Bonchev–Trinajstić information content (AvgIpc) is 3.56. The number of unbranched alkanes of at least 4 members (excludes halogenated alkanes) is 2. The third-order valence-electron chi connectivity index (χ3n) is 10.1. The van der Waals surface area contributed by atoms with Crippen LogP contribution < -0.4 is 15.0 Å². The molecule has 1 spiro atoms. The SMILES string of the molecule is CCCCCc1ccc(C(=O)[C@@H]2[C@H](C(=O)c3ccc(OC)cc3)N3c4ccccc4C(C)=C[C@@H]3[C@@]23C(=O)Nc2ccccc23)cc1. The van der Waals surface area contributed by atoms with E-state index in [9.17, 15) is 9.59 Å². The highest BCUT2D eigenvalue weighted by molar-refractivity contribution is 6.18. The molecule has 232 valence electrons. The third-order valence-corrected chi connectivity index (χ3v) is 10.1. The lowest BCUT2D eigenvalue weighted by Crippen LogP contribution is -2.51. The van der Waals surface area contributed by atoms with Crippen molar-refractivity contribution in [3.8, 4) is 5.75 Å². The van der Waals surface area contributed by atoms with Gasteiger partial charge in [0.1, 0.15) is 17.2 Å². The molecule has 0 unspecified atom stereocenters. The number of allylic oxidation sites excluding steroid dienone is 1. The third kappa shape index (κ3) is 4.50. The molecule has 0 aromatic heterocycles. The molecular formula is C40H38N2O4. The fourth-order valence-corrected chi connectivity index (χ4v) is 7.91. The zero-order valence-electron chi connectivity index (χ0n) is 26.5. The highest BCUT2D eigenvalue weighted by Crippen LogP contribution is 2.58. The Morgan fingerprint density at radius 1 is 0.848 bits per heavy atom. The molecule has 1 saturated heterocycles. The summed E-state index contributed by atoms with van der Waals surface area (Å²) in [5.74, 6) is -1.05. The normalized spacial score (nSPS) is 22.5. The number of nitrogens with zero attached hydrogens (tertiary/aromatic N) is 1. The van der Waals surface area contributed by atoms with Crippen LogP contribution in [0.3, 0.4) is 0 Å². The van der Waals surface area contributed by atoms with Crippen molar-refractivity contribution in [1.29, 1.82) is 0 Å². The van der Waals surface area contributed by atoms with Crippen molar-refractivity contribution in [2.45, 2.75) is 57.0 Å². The first-order valence-electron chi connectivity index (χ1n) is 16.2. The van der Waals surface area contributed by atoms with Crippen LogP contribution in [0.5, 0.6) is 5.75 Å². The number of hydrogen-bond acceptors (Lipinski definition) is 5. The molecule has 0 saturated carbocycles. The quantitative estimate of drug-likeness (QED) is 0.155. The number of hydrogen-bond donors (Lipinski definition) is 1. The number of ketones is 2. The predicted octanol–water partition coefficient (Wildman–Crippen LogP) is 7.67. The second kappa shape index (κ2) is 11.8. The second-order valence-corrected chi connectivity index (χ2v) is 12.6. The summed E-state index contributed by atoms with van der Waals surface area (Å²) in [5.41, 5.74) is 5.06. The van der Waals surface area contributed by atoms with Gasteiger partial charge >= 0.3 is 0 Å². The van der Waals surface area contributed by atoms with E-state index in [4.69, 9.17) is 4.74 Å². The number of rotatable bonds is 9. The first-order chi connectivity index (χ1) is 22.4. The first kappa shape index (κ1) is 29.7. The number of anilines is 2. The van der Waals surface area contributed by atoms with E-state index in [1.807, 2.05) is 79.7 Å². The maximum absolute atomic E-state index is 15.1.